The van der Waals surface area contributed by atoms with Gasteiger partial charge in [-0.25, -0.2) is 0 Å². The molecule has 12 aromatic rings. The van der Waals surface area contributed by atoms with Crippen LogP contribution in [0.5, 0.6) is 0 Å². The lowest BCUT2D eigenvalue weighted by Gasteiger charge is -2.23. The molecule has 74 heavy (non-hydrogen) atoms. The Hall–Kier alpha value is -9.43. The number of aromatic nitrogens is 2. The first kappa shape index (κ1) is 45.7. The van der Waals surface area contributed by atoms with E-state index < -0.39 is 11.7 Å². The van der Waals surface area contributed by atoms with Gasteiger partial charge in [-0.3, -0.25) is 0 Å². The van der Waals surface area contributed by atoms with E-state index in [4.69, 9.17) is 0 Å². The molecule has 0 aliphatic heterocycles. The molecule has 354 valence electrons. The highest BCUT2D eigenvalue weighted by Gasteiger charge is 2.36. The fraction of sp³-hybridized carbons (Fsp3) is 0.0746. The van der Waals surface area contributed by atoms with Gasteiger partial charge in [-0.1, -0.05) is 174 Å². The summed E-state index contributed by atoms with van der Waals surface area (Å²) in [5.74, 6) is 0. The van der Waals surface area contributed by atoms with Crippen molar-refractivity contribution in [1.29, 1.82) is 10.5 Å². The number of rotatable bonds is 7. The van der Waals surface area contributed by atoms with Gasteiger partial charge >= 0.3 is 6.18 Å². The van der Waals surface area contributed by atoms with Crippen molar-refractivity contribution in [2.75, 3.05) is 0 Å². The van der Waals surface area contributed by atoms with E-state index in [9.17, 15) is 10.5 Å². The Morgan fingerprint density at radius 3 is 0.919 bits per heavy atom. The van der Waals surface area contributed by atoms with Gasteiger partial charge in [0.2, 0.25) is 0 Å². The number of benzene rings is 10. The molecule has 0 atom stereocenters. The predicted molar refractivity (Wildman–Crippen MR) is 296 cm³/mol. The lowest BCUT2D eigenvalue weighted by molar-refractivity contribution is -0.137. The van der Waals surface area contributed by atoms with Crippen LogP contribution in [0.4, 0.5) is 13.2 Å². The molecule has 0 radical (unpaired) electrons. The van der Waals surface area contributed by atoms with Crippen molar-refractivity contribution in [3.8, 4) is 79.1 Å². The Labute approximate surface area is 426 Å². The molecular weight excluding hydrogens is 918 g/mol. The number of halogens is 3. The molecule has 4 nitrogen and oxygen atoms in total. The summed E-state index contributed by atoms with van der Waals surface area (Å²) in [6, 6.07) is 69.8. The minimum Gasteiger partial charge on any atom is -0.308 e. The number of hydrogen-bond acceptors (Lipinski definition) is 2. The van der Waals surface area contributed by atoms with E-state index in [1.54, 1.807) is 12.1 Å². The minimum absolute atomic E-state index is 0.123. The molecule has 0 spiro atoms. The smallest absolute Gasteiger partial charge is 0.308 e. The summed E-state index contributed by atoms with van der Waals surface area (Å²) in [5.41, 5.74) is 15.0. The highest BCUT2D eigenvalue weighted by atomic mass is 19.4. The zero-order valence-electron chi connectivity index (χ0n) is 41.0. The summed E-state index contributed by atoms with van der Waals surface area (Å²) in [6.07, 6.45) is -4.89. The normalized spacial score (nSPS) is 11.7. The molecule has 0 saturated carbocycles. The fourth-order valence-electron chi connectivity index (χ4n) is 10.6. The third-order valence-electron chi connectivity index (χ3n) is 14.5. The lowest BCUT2D eigenvalue weighted by Crippen LogP contribution is -2.11. The zero-order valence-corrected chi connectivity index (χ0v) is 41.0. The van der Waals surface area contributed by atoms with Gasteiger partial charge in [-0.05, 0) is 126 Å². The minimum atomic E-state index is -4.89. The maximum Gasteiger partial charge on any atom is 0.417 e. The summed E-state index contributed by atoms with van der Waals surface area (Å²) >= 11 is 0. The predicted octanol–water partition coefficient (Wildman–Crippen LogP) is 18.2. The van der Waals surface area contributed by atoms with Crippen molar-refractivity contribution in [2.24, 2.45) is 0 Å². The second-order valence-electron chi connectivity index (χ2n) is 19.4. The van der Waals surface area contributed by atoms with Crippen LogP contribution in [0.2, 0.25) is 0 Å². The summed E-state index contributed by atoms with van der Waals surface area (Å²) in [5, 5.41) is 24.9. The third kappa shape index (κ3) is 7.87. The van der Waals surface area contributed by atoms with Gasteiger partial charge in [0.05, 0.1) is 62.3 Å². The van der Waals surface area contributed by atoms with Gasteiger partial charge in [0.25, 0.3) is 0 Å². The highest BCUT2D eigenvalue weighted by molar-refractivity contribution is 6.14. The van der Waals surface area contributed by atoms with E-state index in [1.807, 2.05) is 42.9 Å². The van der Waals surface area contributed by atoms with E-state index in [2.05, 4.69) is 176 Å². The van der Waals surface area contributed by atoms with E-state index in [0.29, 0.717) is 11.4 Å². The number of aryl methyl sites for hydroxylation is 4. The average molecular weight is 963 g/mol. The van der Waals surface area contributed by atoms with Crippen molar-refractivity contribution >= 4 is 43.6 Å². The summed E-state index contributed by atoms with van der Waals surface area (Å²) < 4.78 is 52.3. The lowest BCUT2D eigenvalue weighted by atomic mass is 9.92. The monoisotopic (exact) mass is 962 g/mol. The van der Waals surface area contributed by atoms with E-state index in [0.717, 1.165) is 116 Å². The first-order valence-electron chi connectivity index (χ1n) is 24.5. The van der Waals surface area contributed by atoms with Gasteiger partial charge in [-0.2, -0.15) is 23.7 Å². The molecule has 0 aliphatic carbocycles. The van der Waals surface area contributed by atoms with Crippen molar-refractivity contribution < 1.29 is 13.2 Å². The van der Waals surface area contributed by atoms with E-state index >= 15 is 13.2 Å². The summed E-state index contributed by atoms with van der Waals surface area (Å²) in [7, 11) is 0. The third-order valence-corrected chi connectivity index (χ3v) is 14.5. The molecule has 2 heterocycles. The number of fused-ring (bicyclic) bond motifs is 6. The fourth-order valence-corrected chi connectivity index (χ4v) is 10.6. The topological polar surface area (TPSA) is 57.4 Å². The Bertz CT molecular complexity index is 3870. The molecule has 0 fully saturated rings. The summed E-state index contributed by atoms with van der Waals surface area (Å²) in [6.45, 7) is 8.17. The molecule has 0 bridgehead atoms. The highest BCUT2D eigenvalue weighted by Crippen LogP contribution is 2.48. The molecule has 0 amide bonds. The Morgan fingerprint density at radius 2 is 0.635 bits per heavy atom. The van der Waals surface area contributed by atoms with Crippen LogP contribution in [0, 0.1) is 50.4 Å². The first-order valence-corrected chi connectivity index (χ1v) is 24.5. The number of nitrogens with zero attached hydrogens (tertiary/aromatic N) is 4. The Balaban J connectivity index is 1.28. The molecule has 0 aliphatic rings. The van der Waals surface area contributed by atoms with Crippen molar-refractivity contribution in [3.05, 3.63) is 239 Å². The standard InChI is InChI=1S/C67H45F3N4/c1-40-5-14-46(15-6-40)50-22-27-54-55-28-23-51(47-16-7-41(2)8-17-47)35-61(55)73(60(54)34-50)64-32-45(39-72)33-65(66(64)58-26-13-44(38-71)31-59(58)67(68,69)70)74-62-36-52(48-18-9-42(3)10-19-48)24-29-56(62)57-30-25-53(37-63(57)74)49-20-11-43(4)12-21-49/h5-37H,1-4H3. The number of nitriles is 2. The first-order chi connectivity index (χ1) is 35.8. The van der Waals surface area contributed by atoms with Crippen molar-refractivity contribution in [1.82, 2.24) is 9.13 Å². The van der Waals surface area contributed by atoms with Gasteiger partial charge in [0.15, 0.2) is 0 Å². The van der Waals surface area contributed by atoms with E-state index in [-0.39, 0.29) is 22.3 Å². The van der Waals surface area contributed by atoms with Gasteiger partial charge in [0, 0.05) is 27.1 Å². The molecule has 0 unspecified atom stereocenters. The second-order valence-corrected chi connectivity index (χ2v) is 19.4. The van der Waals surface area contributed by atoms with Crippen LogP contribution in [0.1, 0.15) is 38.9 Å². The van der Waals surface area contributed by atoms with Crippen molar-refractivity contribution in [3.63, 3.8) is 0 Å². The van der Waals surface area contributed by atoms with Crippen LogP contribution in [-0.2, 0) is 6.18 Å². The molecular formula is C67H45F3N4. The van der Waals surface area contributed by atoms with Crippen LogP contribution in [0.25, 0.3) is 111 Å². The quantitative estimate of drug-likeness (QED) is 0.160. The number of hydrogen-bond donors (Lipinski definition) is 0. The van der Waals surface area contributed by atoms with Gasteiger partial charge in [0.1, 0.15) is 0 Å². The molecule has 12 rings (SSSR count). The Kier molecular flexibility index (Phi) is 10.9. The molecule has 0 saturated heterocycles. The zero-order chi connectivity index (χ0) is 51.0. The molecule has 7 heteroatoms. The van der Waals surface area contributed by atoms with Crippen LogP contribution in [0.15, 0.2) is 200 Å². The average Bonchev–Trinajstić information content (AvgIpc) is 3.92. The molecule has 0 N–H and O–H groups in total. The second kappa shape index (κ2) is 17.7. The van der Waals surface area contributed by atoms with Gasteiger partial charge in [-0.15, -0.1) is 0 Å². The number of alkyl halides is 3. The van der Waals surface area contributed by atoms with Crippen LogP contribution < -0.4 is 0 Å². The maximum atomic E-state index is 16.1. The van der Waals surface area contributed by atoms with Crippen molar-refractivity contribution in [2.45, 2.75) is 33.9 Å². The SMILES string of the molecule is Cc1ccc(-c2ccc3c4ccc(-c5ccc(C)cc5)cc4n(-c4cc(C#N)cc(-n5c6cc(-c7ccc(C)cc7)ccc6c6ccc(-c7ccc(C)cc7)cc65)c4-c4ccc(C#N)cc4C(F)(F)F)c3c2)cc1. The van der Waals surface area contributed by atoms with Crippen LogP contribution in [0.3, 0.4) is 0 Å². The summed E-state index contributed by atoms with van der Waals surface area (Å²) in [4.78, 5) is 0. The van der Waals surface area contributed by atoms with Crippen LogP contribution in [-0.4, -0.2) is 9.13 Å². The van der Waals surface area contributed by atoms with Gasteiger partial charge < -0.3 is 9.13 Å². The maximum absolute atomic E-state index is 16.1. The van der Waals surface area contributed by atoms with E-state index in [1.165, 1.54) is 12.1 Å². The largest absolute Gasteiger partial charge is 0.417 e. The van der Waals surface area contributed by atoms with Crippen LogP contribution >= 0.6 is 0 Å². The Morgan fingerprint density at radius 1 is 0.338 bits per heavy atom. The molecule has 10 aromatic carbocycles. The molecule has 2 aromatic heterocycles.